The molecular weight excluding hydrogens is 328 g/mol. The normalized spacial score (nSPS) is 15.9. The molecule has 1 N–H and O–H groups in total. The molecule has 0 bridgehead atoms. The highest BCUT2D eigenvalue weighted by Crippen LogP contribution is 2.39. The maximum absolute atomic E-state index is 13.0. The maximum atomic E-state index is 13.0. The van der Waals surface area contributed by atoms with E-state index >= 15 is 0 Å². The molecule has 0 atom stereocenters. The van der Waals surface area contributed by atoms with Crippen molar-refractivity contribution in [3.63, 3.8) is 0 Å². The second-order valence-electron chi connectivity index (χ2n) is 6.48. The van der Waals surface area contributed by atoms with E-state index in [1.807, 2.05) is 13.8 Å². The average Bonchev–Trinajstić information content (AvgIpc) is 3.01. The van der Waals surface area contributed by atoms with Crippen LogP contribution in [0.15, 0.2) is 9.31 Å². The lowest BCUT2D eigenvalue weighted by Crippen LogP contribution is -2.28. The van der Waals surface area contributed by atoms with Crippen LogP contribution in [0.5, 0.6) is 0 Å². The van der Waals surface area contributed by atoms with Crippen molar-refractivity contribution >= 4 is 10.0 Å². The minimum atomic E-state index is -3.62. The van der Waals surface area contributed by atoms with Gasteiger partial charge in [-0.05, 0) is 33.1 Å². The van der Waals surface area contributed by atoms with E-state index in [2.05, 4.69) is 15.2 Å². The van der Waals surface area contributed by atoms with Crippen LogP contribution in [0.2, 0.25) is 0 Å². The van der Waals surface area contributed by atoms with Crippen LogP contribution >= 0.6 is 0 Å². The second-order valence-corrected chi connectivity index (χ2v) is 8.46. The molecule has 2 heterocycles. The number of hydrogen-bond donors (Lipinski definition) is 1. The molecular formula is C16H24N4O3S. The largest absolute Gasteiger partial charge is 0.420 e. The van der Waals surface area contributed by atoms with E-state index in [1.54, 1.807) is 14.0 Å². The van der Waals surface area contributed by atoms with Gasteiger partial charge in [0, 0.05) is 30.9 Å². The zero-order valence-corrected chi connectivity index (χ0v) is 15.4. The number of aryl methyl sites for hydroxylation is 2. The highest BCUT2D eigenvalue weighted by molar-refractivity contribution is 7.89. The van der Waals surface area contributed by atoms with Crippen LogP contribution in [-0.2, 0) is 10.0 Å². The number of nitrogens with zero attached hydrogens (tertiary/aromatic N) is 3. The SMILES string of the molecule is CCCN(C)S(=O)(=O)c1c(C)[nH]c(C)c1-c1nnc(C2CCC2)o1. The van der Waals surface area contributed by atoms with E-state index in [0.29, 0.717) is 29.6 Å². The first-order valence-corrected chi connectivity index (χ1v) is 9.79. The zero-order valence-electron chi connectivity index (χ0n) is 14.6. The standard InChI is InChI=1S/C16H24N4O3S/c1-5-9-20(4)24(21,22)14-11(3)17-10(2)13(14)16-19-18-15(23-16)12-7-6-8-12/h12,17H,5-9H2,1-4H3. The Morgan fingerprint density at radius 3 is 2.54 bits per heavy atom. The number of nitrogens with one attached hydrogen (secondary N) is 1. The Bertz CT molecular complexity index is 834. The molecule has 24 heavy (non-hydrogen) atoms. The van der Waals surface area contributed by atoms with Crippen LogP contribution in [0.1, 0.15) is 55.8 Å². The molecule has 7 nitrogen and oxygen atoms in total. The Kier molecular flexibility index (Phi) is 4.52. The van der Waals surface area contributed by atoms with E-state index in [9.17, 15) is 8.42 Å². The highest BCUT2D eigenvalue weighted by atomic mass is 32.2. The van der Waals surface area contributed by atoms with E-state index < -0.39 is 10.0 Å². The van der Waals surface area contributed by atoms with Gasteiger partial charge in [-0.25, -0.2) is 12.7 Å². The van der Waals surface area contributed by atoms with Crippen molar-refractivity contribution in [2.75, 3.05) is 13.6 Å². The van der Waals surface area contributed by atoms with Gasteiger partial charge < -0.3 is 9.40 Å². The van der Waals surface area contributed by atoms with E-state index in [1.165, 1.54) is 10.7 Å². The summed E-state index contributed by atoms with van der Waals surface area (Å²) >= 11 is 0. The summed E-state index contributed by atoms with van der Waals surface area (Å²) in [5.41, 5.74) is 1.81. The van der Waals surface area contributed by atoms with Crippen LogP contribution in [-0.4, -0.2) is 41.5 Å². The molecule has 1 aliphatic carbocycles. The van der Waals surface area contributed by atoms with Crippen LogP contribution in [0.25, 0.3) is 11.5 Å². The quantitative estimate of drug-likeness (QED) is 0.863. The first kappa shape index (κ1) is 17.2. The maximum Gasteiger partial charge on any atom is 0.250 e. The lowest BCUT2D eigenvalue weighted by molar-refractivity contribution is 0.338. The molecule has 0 radical (unpaired) electrons. The van der Waals surface area contributed by atoms with Crippen molar-refractivity contribution in [1.82, 2.24) is 19.5 Å². The average molecular weight is 352 g/mol. The lowest BCUT2D eigenvalue weighted by Gasteiger charge is -2.20. The van der Waals surface area contributed by atoms with Crippen molar-refractivity contribution in [3.8, 4) is 11.5 Å². The third-order valence-corrected chi connectivity index (χ3v) is 6.66. The van der Waals surface area contributed by atoms with Crippen LogP contribution in [0, 0.1) is 13.8 Å². The zero-order chi connectivity index (χ0) is 17.5. The Labute approximate surface area is 142 Å². The van der Waals surface area contributed by atoms with Crippen molar-refractivity contribution in [3.05, 3.63) is 17.3 Å². The fourth-order valence-corrected chi connectivity index (χ4v) is 4.76. The molecule has 0 saturated heterocycles. The Balaban J connectivity index is 2.07. The van der Waals surface area contributed by atoms with Gasteiger partial charge in [0.2, 0.25) is 15.9 Å². The molecule has 8 heteroatoms. The van der Waals surface area contributed by atoms with Gasteiger partial charge in [-0.3, -0.25) is 0 Å². The molecule has 1 aliphatic rings. The van der Waals surface area contributed by atoms with Gasteiger partial charge in [0.15, 0.2) is 0 Å². The molecule has 0 spiro atoms. The summed E-state index contributed by atoms with van der Waals surface area (Å²) in [5.74, 6) is 1.21. The number of rotatable bonds is 6. The molecule has 2 aromatic rings. The summed E-state index contributed by atoms with van der Waals surface area (Å²) in [7, 11) is -2.02. The molecule has 1 fully saturated rings. The fraction of sp³-hybridized carbons (Fsp3) is 0.625. The minimum absolute atomic E-state index is 0.236. The van der Waals surface area contributed by atoms with Crippen molar-refractivity contribution < 1.29 is 12.8 Å². The molecule has 132 valence electrons. The van der Waals surface area contributed by atoms with Gasteiger partial charge >= 0.3 is 0 Å². The molecule has 3 rings (SSSR count). The van der Waals surface area contributed by atoms with E-state index in [0.717, 1.165) is 25.0 Å². The third-order valence-electron chi connectivity index (χ3n) is 4.63. The Morgan fingerprint density at radius 1 is 1.25 bits per heavy atom. The Morgan fingerprint density at radius 2 is 1.96 bits per heavy atom. The van der Waals surface area contributed by atoms with Crippen molar-refractivity contribution in [1.29, 1.82) is 0 Å². The first-order chi connectivity index (χ1) is 11.4. The third kappa shape index (κ3) is 2.77. The molecule has 1 saturated carbocycles. The lowest BCUT2D eigenvalue weighted by atomic mass is 9.85. The molecule has 2 aromatic heterocycles. The fourth-order valence-electron chi connectivity index (χ4n) is 3.08. The van der Waals surface area contributed by atoms with Crippen molar-refractivity contribution in [2.24, 2.45) is 0 Å². The summed E-state index contributed by atoms with van der Waals surface area (Å²) in [6.45, 7) is 5.99. The molecule has 0 unspecified atom stereocenters. The number of sulfonamides is 1. The minimum Gasteiger partial charge on any atom is -0.420 e. The van der Waals surface area contributed by atoms with Crippen LogP contribution in [0.3, 0.4) is 0 Å². The predicted molar refractivity (Wildman–Crippen MR) is 90.3 cm³/mol. The molecule has 0 amide bonds. The second kappa shape index (κ2) is 6.33. The number of aromatic nitrogens is 3. The van der Waals surface area contributed by atoms with Gasteiger partial charge in [0.1, 0.15) is 4.90 Å². The number of aromatic amines is 1. The van der Waals surface area contributed by atoms with Crippen LogP contribution < -0.4 is 0 Å². The number of hydrogen-bond acceptors (Lipinski definition) is 5. The van der Waals surface area contributed by atoms with Gasteiger partial charge in [-0.2, -0.15) is 0 Å². The monoisotopic (exact) mass is 352 g/mol. The highest BCUT2D eigenvalue weighted by Gasteiger charge is 2.33. The summed E-state index contributed by atoms with van der Waals surface area (Å²) in [5, 5.41) is 8.25. The smallest absolute Gasteiger partial charge is 0.250 e. The van der Waals surface area contributed by atoms with Gasteiger partial charge in [0.25, 0.3) is 5.89 Å². The van der Waals surface area contributed by atoms with Gasteiger partial charge in [-0.15, -0.1) is 10.2 Å². The summed E-state index contributed by atoms with van der Waals surface area (Å²) in [6.07, 6.45) is 4.03. The van der Waals surface area contributed by atoms with Crippen molar-refractivity contribution in [2.45, 2.75) is 57.3 Å². The first-order valence-electron chi connectivity index (χ1n) is 8.35. The van der Waals surface area contributed by atoms with Crippen LogP contribution in [0.4, 0.5) is 0 Å². The molecule has 0 aromatic carbocycles. The van der Waals surface area contributed by atoms with Gasteiger partial charge in [0.05, 0.1) is 5.56 Å². The summed E-state index contributed by atoms with van der Waals surface area (Å²) < 4.78 is 33.1. The summed E-state index contributed by atoms with van der Waals surface area (Å²) in [6, 6.07) is 0. The topological polar surface area (TPSA) is 92.1 Å². The van der Waals surface area contributed by atoms with E-state index in [-0.39, 0.29) is 10.8 Å². The summed E-state index contributed by atoms with van der Waals surface area (Å²) in [4.78, 5) is 3.35. The predicted octanol–water partition coefficient (Wildman–Crippen LogP) is 2.98. The van der Waals surface area contributed by atoms with Gasteiger partial charge in [-0.1, -0.05) is 13.3 Å². The molecule has 0 aliphatic heterocycles. The van der Waals surface area contributed by atoms with E-state index in [4.69, 9.17) is 4.42 Å². The Hall–Kier alpha value is -1.67. The number of H-pyrrole nitrogens is 1.